The number of benzene rings is 1. The second-order valence-corrected chi connectivity index (χ2v) is 5.66. The fraction of sp³-hybridized carbons (Fsp3) is 0.538. The molecule has 0 spiro atoms. The van der Waals surface area contributed by atoms with Crippen LogP contribution in [0.1, 0.15) is 31.9 Å². The third kappa shape index (κ3) is 2.81. The highest BCUT2D eigenvalue weighted by Gasteiger charge is 2.72. The van der Waals surface area contributed by atoms with Gasteiger partial charge in [0.25, 0.3) is 5.60 Å². The summed E-state index contributed by atoms with van der Waals surface area (Å²) in [7, 11) is 0. The van der Waals surface area contributed by atoms with Crippen LogP contribution in [0.3, 0.4) is 0 Å². The molecular formula is C13H14F6O2. The Bertz CT molecular complexity index is 511. The van der Waals surface area contributed by atoms with Crippen molar-refractivity contribution in [3.63, 3.8) is 0 Å². The third-order valence-electron chi connectivity index (χ3n) is 3.05. The minimum atomic E-state index is -6.03. The number of hydrogen-bond acceptors (Lipinski definition) is 2. The zero-order valence-corrected chi connectivity index (χ0v) is 11.4. The topological polar surface area (TPSA) is 40.5 Å². The fourth-order valence-electron chi connectivity index (χ4n) is 1.91. The summed E-state index contributed by atoms with van der Waals surface area (Å²) in [6.07, 6.45) is -12.1. The summed E-state index contributed by atoms with van der Waals surface area (Å²) in [5.74, 6) is -1.22. The Kier molecular flexibility index (Phi) is 4.02. The van der Waals surface area contributed by atoms with E-state index in [1.807, 2.05) is 0 Å². The minimum Gasteiger partial charge on any atom is -0.507 e. The van der Waals surface area contributed by atoms with Gasteiger partial charge < -0.3 is 10.2 Å². The van der Waals surface area contributed by atoms with Crippen LogP contribution in [0.5, 0.6) is 5.75 Å². The van der Waals surface area contributed by atoms with E-state index in [9.17, 15) is 36.6 Å². The average Bonchev–Trinajstić information content (AvgIpc) is 2.23. The number of aliphatic hydroxyl groups is 1. The largest absolute Gasteiger partial charge is 0.507 e. The standard InChI is InChI=1S/C13H14F6O2/c1-10(2,3)7-5-4-6-8(9(7)20)11(21,12(14,15)16)13(17,18)19/h4-6,20-21H,1-3H3. The molecule has 0 saturated heterocycles. The lowest BCUT2D eigenvalue weighted by atomic mass is 9.81. The molecule has 1 rings (SSSR count). The van der Waals surface area contributed by atoms with Crippen LogP contribution < -0.4 is 0 Å². The molecule has 0 unspecified atom stereocenters. The van der Waals surface area contributed by atoms with Gasteiger partial charge in [-0.05, 0) is 11.0 Å². The highest BCUT2D eigenvalue weighted by molar-refractivity contribution is 5.48. The maximum Gasteiger partial charge on any atom is 0.430 e. The Morgan fingerprint density at radius 1 is 0.810 bits per heavy atom. The summed E-state index contributed by atoms with van der Waals surface area (Å²) in [6, 6.07) is 2.54. The monoisotopic (exact) mass is 316 g/mol. The number of phenolic OH excluding ortho intramolecular Hbond substituents is 1. The van der Waals surface area contributed by atoms with Crippen molar-refractivity contribution in [2.45, 2.75) is 44.1 Å². The maximum absolute atomic E-state index is 12.8. The minimum absolute atomic E-state index is 0.132. The fourth-order valence-corrected chi connectivity index (χ4v) is 1.91. The van der Waals surface area contributed by atoms with Crippen LogP contribution in [0, 0.1) is 0 Å². The first kappa shape index (κ1) is 17.6. The Balaban J connectivity index is 3.72. The second kappa shape index (κ2) is 4.79. The van der Waals surface area contributed by atoms with E-state index in [1.54, 1.807) is 0 Å². The van der Waals surface area contributed by atoms with E-state index in [2.05, 4.69) is 0 Å². The number of hydrogen-bond donors (Lipinski definition) is 2. The summed E-state index contributed by atoms with van der Waals surface area (Å²) in [6.45, 7) is 4.52. The number of rotatable bonds is 1. The van der Waals surface area contributed by atoms with Crippen LogP contribution in [0.15, 0.2) is 18.2 Å². The van der Waals surface area contributed by atoms with E-state index in [4.69, 9.17) is 0 Å². The lowest BCUT2D eigenvalue weighted by Gasteiger charge is -2.34. The number of aromatic hydroxyl groups is 1. The molecule has 0 bridgehead atoms. The van der Waals surface area contributed by atoms with Crippen LogP contribution in [0.2, 0.25) is 0 Å². The maximum atomic E-state index is 12.8. The van der Waals surface area contributed by atoms with Gasteiger partial charge in [0.05, 0.1) is 0 Å². The number of para-hydroxylation sites is 1. The van der Waals surface area contributed by atoms with Crippen molar-refractivity contribution < 1.29 is 36.6 Å². The van der Waals surface area contributed by atoms with Gasteiger partial charge in [-0.1, -0.05) is 39.0 Å². The molecule has 0 heterocycles. The molecule has 0 saturated carbocycles. The van der Waals surface area contributed by atoms with Gasteiger partial charge in [-0.3, -0.25) is 0 Å². The molecule has 0 aromatic heterocycles. The number of phenols is 1. The summed E-state index contributed by atoms with van der Waals surface area (Å²) in [5.41, 5.74) is -7.80. The van der Waals surface area contributed by atoms with Gasteiger partial charge in [0.1, 0.15) is 5.75 Å². The summed E-state index contributed by atoms with van der Waals surface area (Å²) in [4.78, 5) is 0. The van der Waals surface area contributed by atoms with E-state index >= 15 is 0 Å². The van der Waals surface area contributed by atoms with E-state index in [1.165, 1.54) is 26.8 Å². The van der Waals surface area contributed by atoms with Crippen molar-refractivity contribution in [2.24, 2.45) is 0 Å². The molecule has 21 heavy (non-hydrogen) atoms. The van der Waals surface area contributed by atoms with Crippen LogP contribution >= 0.6 is 0 Å². The van der Waals surface area contributed by atoms with E-state index in [-0.39, 0.29) is 5.56 Å². The van der Waals surface area contributed by atoms with Crippen LogP contribution in [-0.2, 0) is 11.0 Å². The van der Waals surface area contributed by atoms with Gasteiger partial charge in [0.15, 0.2) is 0 Å². The Hall–Kier alpha value is -1.44. The van der Waals surface area contributed by atoms with Gasteiger partial charge in [-0.15, -0.1) is 0 Å². The first-order valence-electron chi connectivity index (χ1n) is 5.83. The zero-order valence-electron chi connectivity index (χ0n) is 11.4. The van der Waals surface area contributed by atoms with Crippen molar-refractivity contribution in [1.29, 1.82) is 0 Å². The van der Waals surface area contributed by atoms with Gasteiger partial charge in [0.2, 0.25) is 0 Å². The number of alkyl halides is 6. The highest BCUT2D eigenvalue weighted by Crippen LogP contribution is 2.53. The lowest BCUT2D eigenvalue weighted by molar-refractivity contribution is -0.376. The van der Waals surface area contributed by atoms with Crippen molar-refractivity contribution in [2.75, 3.05) is 0 Å². The quantitative estimate of drug-likeness (QED) is 0.769. The smallest absolute Gasteiger partial charge is 0.430 e. The molecule has 0 aliphatic rings. The Morgan fingerprint density at radius 3 is 1.52 bits per heavy atom. The molecular weight excluding hydrogens is 302 g/mol. The normalized spacial score (nSPS) is 14.4. The van der Waals surface area contributed by atoms with Crippen LogP contribution in [-0.4, -0.2) is 22.6 Å². The Labute approximate surface area is 117 Å². The molecule has 8 heteroatoms. The van der Waals surface area contributed by atoms with Crippen molar-refractivity contribution in [3.8, 4) is 5.75 Å². The Morgan fingerprint density at radius 2 is 1.19 bits per heavy atom. The average molecular weight is 316 g/mol. The summed E-state index contributed by atoms with van der Waals surface area (Å²) < 4.78 is 76.9. The third-order valence-corrected chi connectivity index (χ3v) is 3.05. The lowest BCUT2D eigenvalue weighted by Crippen LogP contribution is -2.54. The van der Waals surface area contributed by atoms with Gasteiger partial charge in [0, 0.05) is 5.56 Å². The first-order chi connectivity index (χ1) is 9.14. The predicted molar refractivity (Wildman–Crippen MR) is 62.8 cm³/mol. The van der Waals surface area contributed by atoms with E-state index < -0.39 is 34.7 Å². The summed E-state index contributed by atoms with van der Waals surface area (Å²) in [5, 5.41) is 19.1. The predicted octanol–water partition coefficient (Wildman–Crippen LogP) is 4.00. The molecule has 0 fully saturated rings. The molecule has 0 aliphatic carbocycles. The van der Waals surface area contributed by atoms with Crippen LogP contribution in [0.25, 0.3) is 0 Å². The zero-order chi connectivity index (χ0) is 16.9. The molecule has 0 amide bonds. The molecule has 0 radical (unpaired) electrons. The van der Waals surface area contributed by atoms with E-state index in [0.29, 0.717) is 6.07 Å². The van der Waals surface area contributed by atoms with Gasteiger partial charge in [-0.2, -0.15) is 26.3 Å². The van der Waals surface area contributed by atoms with E-state index in [0.717, 1.165) is 6.07 Å². The van der Waals surface area contributed by atoms with Crippen LogP contribution in [0.4, 0.5) is 26.3 Å². The molecule has 0 atom stereocenters. The summed E-state index contributed by atoms with van der Waals surface area (Å²) >= 11 is 0. The molecule has 2 N–H and O–H groups in total. The number of halogens is 6. The second-order valence-electron chi connectivity index (χ2n) is 5.66. The SMILES string of the molecule is CC(C)(C)c1cccc(C(O)(C(F)(F)F)C(F)(F)F)c1O. The first-order valence-corrected chi connectivity index (χ1v) is 5.83. The molecule has 1 aromatic carbocycles. The van der Waals surface area contributed by atoms with Gasteiger partial charge in [-0.25, -0.2) is 0 Å². The molecule has 2 nitrogen and oxygen atoms in total. The molecule has 1 aromatic rings. The van der Waals surface area contributed by atoms with Crippen molar-refractivity contribution in [3.05, 3.63) is 29.3 Å². The van der Waals surface area contributed by atoms with Gasteiger partial charge >= 0.3 is 12.4 Å². The van der Waals surface area contributed by atoms with Crippen molar-refractivity contribution in [1.82, 2.24) is 0 Å². The highest BCUT2D eigenvalue weighted by atomic mass is 19.4. The van der Waals surface area contributed by atoms with Crippen molar-refractivity contribution >= 4 is 0 Å². The molecule has 0 aliphatic heterocycles. The molecule has 120 valence electrons.